The van der Waals surface area contributed by atoms with Gasteiger partial charge in [-0.1, -0.05) is 12.2 Å². The number of aromatic nitrogens is 4. The highest BCUT2D eigenvalue weighted by atomic mass is 16.6. The van der Waals surface area contributed by atoms with Gasteiger partial charge in [0.1, 0.15) is 30.2 Å². The topological polar surface area (TPSA) is 185 Å². The molecule has 2 aromatic heterocycles. The van der Waals surface area contributed by atoms with Gasteiger partial charge in [0, 0.05) is 0 Å². The van der Waals surface area contributed by atoms with Crippen molar-refractivity contribution >= 4 is 22.9 Å². The van der Waals surface area contributed by atoms with Gasteiger partial charge in [-0.15, -0.1) is 0 Å². The maximum atomic E-state index is 10.3. The Labute approximate surface area is 136 Å². The van der Waals surface area contributed by atoms with Crippen LogP contribution in [-0.2, 0) is 4.74 Å². The number of aliphatic hydroxyl groups is 2. The van der Waals surface area contributed by atoms with Crippen molar-refractivity contribution in [3.8, 4) is 0 Å². The Morgan fingerprint density at radius 2 is 2.08 bits per heavy atom. The Kier molecular flexibility index (Phi) is 4.29. The molecule has 3 rings (SSSR count). The minimum Gasteiger partial charge on any atom is -0.387 e. The van der Waals surface area contributed by atoms with Crippen LogP contribution < -0.4 is 22.2 Å². The molecule has 1 aliphatic rings. The van der Waals surface area contributed by atoms with Crippen LogP contribution >= 0.6 is 0 Å². The third-order valence-electron chi connectivity index (χ3n) is 3.69. The number of nitrogens with one attached hydrogen (secondary N) is 1. The number of aliphatic hydroxyl groups excluding tert-OH is 2. The van der Waals surface area contributed by atoms with Gasteiger partial charge in [-0.2, -0.15) is 0 Å². The molecule has 1 saturated heterocycles. The molecule has 4 atom stereocenters. The normalized spacial score (nSPS) is 27.1. The molecule has 11 heteroatoms. The average Bonchev–Trinajstić information content (AvgIpc) is 3.08. The summed E-state index contributed by atoms with van der Waals surface area (Å²) in [6, 6.07) is 0. The molecule has 0 aliphatic carbocycles. The van der Waals surface area contributed by atoms with Crippen LogP contribution in [-0.4, -0.2) is 60.5 Å². The first-order valence-electron chi connectivity index (χ1n) is 7.22. The van der Waals surface area contributed by atoms with Gasteiger partial charge in [-0.05, 0) is 0 Å². The molecule has 2 aromatic rings. The molecule has 0 amide bonds. The Balaban J connectivity index is 1.82. The highest BCUT2D eigenvalue weighted by Crippen LogP contribution is 2.32. The van der Waals surface area contributed by atoms with Crippen LogP contribution in [0.25, 0.3) is 11.2 Å². The minimum atomic E-state index is -1.16. The molecule has 0 unspecified atom stereocenters. The second kappa shape index (κ2) is 6.39. The lowest BCUT2D eigenvalue weighted by Crippen LogP contribution is -2.77. The Morgan fingerprint density at radius 1 is 1.29 bits per heavy atom. The van der Waals surface area contributed by atoms with Crippen LogP contribution in [0.4, 0.5) is 5.82 Å². The van der Waals surface area contributed by atoms with Gasteiger partial charge < -0.3 is 20.7 Å². The molecule has 24 heavy (non-hydrogen) atoms. The molecule has 0 bridgehead atoms. The predicted molar refractivity (Wildman–Crippen MR) is 84.0 cm³/mol. The van der Waals surface area contributed by atoms with Gasteiger partial charge in [-0.3, -0.25) is 21.0 Å². The summed E-state index contributed by atoms with van der Waals surface area (Å²) in [6.45, 7) is 0.368. The van der Waals surface area contributed by atoms with E-state index < -0.39 is 24.5 Å². The molecule has 11 nitrogen and oxygen atoms in total. The third kappa shape index (κ3) is 2.87. The first-order valence-corrected chi connectivity index (χ1v) is 7.22. The number of guanidine groups is 1. The molecule has 1 aliphatic heterocycles. The smallest absolute Gasteiger partial charge is 0.339 e. The van der Waals surface area contributed by atoms with Gasteiger partial charge in [0.15, 0.2) is 17.7 Å². The van der Waals surface area contributed by atoms with E-state index in [1.165, 1.54) is 17.2 Å². The fourth-order valence-electron chi connectivity index (χ4n) is 2.51. The van der Waals surface area contributed by atoms with Crippen molar-refractivity contribution in [2.45, 2.75) is 24.5 Å². The number of fused-ring (bicyclic) bond motifs is 1. The van der Waals surface area contributed by atoms with Gasteiger partial charge in [-0.25, -0.2) is 15.0 Å². The van der Waals surface area contributed by atoms with Crippen molar-refractivity contribution in [3.63, 3.8) is 0 Å². The monoisotopic (exact) mass is 335 g/mol. The zero-order valence-corrected chi connectivity index (χ0v) is 12.6. The van der Waals surface area contributed by atoms with Crippen molar-refractivity contribution in [2.24, 2.45) is 11.5 Å². The van der Waals surface area contributed by atoms with Crippen LogP contribution in [0.1, 0.15) is 6.23 Å². The lowest BCUT2D eigenvalue weighted by atomic mass is 10.1. The van der Waals surface area contributed by atoms with E-state index in [-0.39, 0.29) is 11.8 Å². The summed E-state index contributed by atoms with van der Waals surface area (Å²) >= 11 is 0. The molecule has 1 fully saturated rings. The standard InChI is InChI=1S/C13H18N8O3/c14-10-7-11(19-4-18-10)21(5-20-7)12-9(23)8(22)6(24-12)2-1-3-17-13(15)16/h1-2,4-6,8-9,12,22-23H,3H2,(H2,14,18,19)(H4,15,16,17)/p+1/b2-1+/t6-,8-,9-,12-/m1/s1. The molecule has 9 N–H and O–H groups in total. The maximum Gasteiger partial charge on any atom is 0.339 e. The summed E-state index contributed by atoms with van der Waals surface area (Å²) in [7, 11) is 0. The lowest BCUT2D eigenvalue weighted by molar-refractivity contribution is -0.446. The van der Waals surface area contributed by atoms with Crippen molar-refractivity contribution in [1.29, 1.82) is 0 Å². The molecule has 0 aromatic carbocycles. The van der Waals surface area contributed by atoms with Crippen molar-refractivity contribution in [1.82, 2.24) is 19.5 Å². The number of hydrogen-bond acceptors (Lipinski definition) is 7. The Morgan fingerprint density at radius 3 is 2.83 bits per heavy atom. The fourth-order valence-corrected chi connectivity index (χ4v) is 2.51. The zero-order chi connectivity index (χ0) is 17.3. The minimum absolute atomic E-state index is 0.0904. The highest BCUT2D eigenvalue weighted by Gasteiger charge is 2.43. The SMILES string of the molecule is NC(N)=[NH+]C/C=C/[C@H]1O[C@@H](n2cnc3c(N)ncnc32)[C@H](O)[C@@H]1O. The van der Waals surface area contributed by atoms with E-state index in [9.17, 15) is 10.2 Å². The number of nitrogens with zero attached hydrogens (tertiary/aromatic N) is 4. The molecule has 3 heterocycles. The summed E-state index contributed by atoms with van der Waals surface area (Å²) in [6.07, 6.45) is 2.21. The summed E-state index contributed by atoms with van der Waals surface area (Å²) in [4.78, 5) is 14.8. The number of rotatable bonds is 4. The fraction of sp³-hybridized carbons (Fsp3) is 0.385. The second-order valence-corrected chi connectivity index (χ2v) is 5.32. The van der Waals surface area contributed by atoms with E-state index in [1.54, 1.807) is 12.2 Å². The average molecular weight is 335 g/mol. The van der Waals surface area contributed by atoms with E-state index in [2.05, 4.69) is 19.9 Å². The van der Waals surface area contributed by atoms with E-state index >= 15 is 0 Å². The van der Waals surface area contributed by atoms with Crippen molar-refractivity contribution < 1.29 is 19.9 Å². The summed E-state index contributed by atoms with van der Waals surface area (Å²) in [5, 5.41) is 20.5. The number of nitrogen functional groups attached to an aromatic ring is 1. The van der Waals surface area contributed by atoms with Crippen LogP contribution in [0.15, 0.2) is 24.8 Å². The number of anilines is 1. The van der Waals surface area contributed by atoms with E-state index in [0.29, 0.717) is 17.7 Å². The molecule has 0 radical (unpaired) electrons. The van der Waals surface area contributed by atoms with E-state index in [4.69, 9.17) is 21.9 Å². The van der Waals surface area contributed by atoms with E-state index in [0.717, 1.165) is 0 Å². The number of hydrogen-bond donors (Lipinski definition) is 6. The number of ether oxygens (including phenoxy) is 1. The van der Waals surface area contributed by atoms with Crippen molar-refractivity contribution in [2.75, 3.05) is 12.3 Å². The summed E-state index contributed by atoms with van der Waals surface area (Å²) in [5.74, 6) is 0.317. The Bertz CT molecular complexity index is 785. The third-order valence-corrected chi connectivity index (χ3v) is 3.69. The van der Waals surface area contributed by atoms with Gasteiger partial charge in [0.25, 0.3) is 0 Å². The molecule has 0 saturated carbocycles. The largest absolute Gasteiger partial charge is 0.387 e. The van der Waals surface area contributed by atoms with Gasteiger partial charge in [0.2, 0.25) is 0 Å². The molecule has 0 spiro atoms. The Hall–Kier alpha value is -2.76. The van der Waals surface area contributed by atoms with Gasteiger partial charge in [0.05, 0.1) is 12.9 Å². The number of nitrogens with two attached hydrogens (primary N) is 3. The van der Waals surface area contributed by atoms with Gasteiger partial charge >= 0.3 is 5.96 Å². The maximum absolute atomic E-state index is 10.3. The predicted octanol–water partition coefficient (Wildman–Crippen LogP) is -4.06. The quantitative estimate of drug-likeness (QED) is 0.184. The zero-order valence-electron chi connectivity index (χ0n) is 12.6. The lowest BCUT2D eigenvalue weighted by Gasteiger charge is -2.16. The van der Waals surface area contributed by atoms with Crippen LogP contribution in [0, 0.1) is 0 Å². The van der Waals surface area contributed by atoms with Crippen LogP contribution in [0.3, 0.4) is 0 Å². The molecule has 128 valence electrons. The summed E-state index contributed by atoms with van der Waals surface area (Å²) in [5.41, 5.74) is 17.1. The molecular formula is C13H19N8O3+. The number of imidazole rings is 1. The summed E-state index contributed by atoms with van der Waals surface area (Å²) < 4.78 is 7.24. The van der Waals surface area contributed by atoms with E-state index in [1.807, 2.05) is 0 Å². The first-order chi connectivity index (χ1) is 11.5. The molecular weight excluding hydrogens is 316 g/mol. The highest BCUT2D eigenvalue weighted by molar-refractivity contribution is 5.81. The second-order valence-electron chi connectivity index (χ2n) is 5.32. The van der Waals surface area contributed by atoms with Crippen molar-refractivity contribution in [3.05, 3.63) is 24.8 Å². The van der Waals surface area contributed by atoms with Crippen LogP contribution in [0.5, 0.6) is 0 Å². The van der Waals surface area contributed by atoms with Crippen LogP contribution in [0.2, 0.25) is 0 Å². The first kappa shape index (κ1) is 16.1.